The molecule has 148 valence electrons. The number of para-hydroxylation sites is 2. The molecule has 0 aromatic heterocycles. The number of carbonyl (C=O) groups excluding carboxylic acids is 1. The molecular formula is C19H21ClN4O4. The molecule has 0 atom stereocenters. The Labute approximate surface area is 167 Å². The summed E-state index contributed by atoms with van der Waals surface area (Å²) in [6.45, 7) is 3.23. The molecule has 1 heterocycles. The Morgan fingerprint density at radius 3 is 2.61 bits per heavy atom. The Morgan fingerprint density at radius 2 is 1.93 bits per heavy atom. The van der Waals surface area contributed by atoms with Gasteiger partial charge in [-0.05, 0) is 24.3 Å². The van der Waals surface area contributed by atoms with E-state index in [4.69, 9.17) is 16.3 Å². The predicted octanol–water partition coefficient (Wildman–Crippen LogP) is 3.02. The molecule has 1 aliphatic heterocycles. The second-order valence-corrected chi connectivity index (χ2v) is 6.81. The number of piperazine rings is 1. The molecule has 2 aromatic rings. The molecule has 28 heavy (non-hydrogen) atoms. The highest BCUT2D eigenvalue weighted by molar-refractivity contribution is 6.32. The van der Waals surface area contributed by atoms with Gasteiger partial charge in [-0.25, -0.2) is 0 Å². The highest BCUT2D eigenvalue weighted by Crippen LogP contribution is 2.29. The summed E-state index contributed by atoms with van der Waals surface area (Å²) in [7, 11) is 1.65. The Hall–Kier alpha value is -2.84. The minimum atomic E-state index is -0.574. The van der Waals surface area contributed by atoms with Gasteiger partial charge in [0.25, 0.3) is 5.69 Å². The highest BCUT2D eigenvalue weighted by Gasteiger charge is 2.21. The molecule has 0 radical (unpaired) electrons. The van der Waals surface area contributed by atoms with Crippen LogP contribution in [0.4, 0.5) is 17.1 Å². The average molecular weight is 405 g/mol. The van der Waals surface area contributed by atoms with E-state index >= 15 is 0 Å². The van der Waals surface area contributed by atoms with Gasteiger partial charge in [-0.3, -0.25) is 19.8 Å². The molecule has 9 heteroatoms. The van der Waals surface area contributed by atoms with Crippen LogP contribution in [0, 0.1) is 10.1 Å². The summed E-state index contributed by atoms with van der Waals surface area (Å²) in [5, 5.41) is 13.7. The van der Waals surface area contributed by atoms with Crippen molar-refractivity contribution in [2.24, 2.45) is 0 Å². The van der Waals surface area contributed by atoms with Crippen molar-refractivity contribution in [1.29, 1.82) is 0 Å². The van der Waals surface area contributed by atoms with Gasteiger partial charge in [0.1, 0.15) is 10.8 Å². The number of nitrogens with zero attached hydrogens (tertiary/aromatic N) is 3. The van der Waals surface area contributed by atoms with Gasteiger partial charge < -0.3 is 15.0 Å². The van der Waals surface area contributed by atoms with E-state index in [0.29, 0.717) is 5.69 Å². The van der Waals surface area contributed by atoms with Crippen LogP contribution in [0.15, 0.2) is 42.5 Å². The molecule has 0 saturated carbocycles. The number of hydrogen-bond acceptors (Lipinski definition) is 6. The van der Waals surface area contributed by atoms with E-state index in [1.54, 1.807) is 13.2 Å². The fourth-order valence-corrected chi connectivity index (χ4v) is 3.36. The number of benzene rings is 2. The number of nitrogens with one attached hydrogen (secondary N) is 1. The zero-order chi connectivity index (χ0) is 20.1. The first-order valence-corrected chi connectivity index (χ1v) is 9.20. The molecule has 8 nitrogen and oxygen atoms in total. The number of carbonyl (C=O) groups is 1. The van der Waals surface area contributed by atoms with E-state index in [0.717, 1.165) is 37.6 Å². The van der Waals surface area contributed by atoms with Crippen molar-refractivity contribution in [2.75, 3.05) is 50.1 Å². The van der Waals surface area contributed by atoms with E-state index in [2.05, 4.69) is 10.2 Å². The topological polar surface area (TPSA) is 88.0 Å². The van der Waals surface area contributed by atoms with Crippen LogP contribution in [-0.2, 0) is 4.79 Å². The Morgan fingerprint density at radius 1 is 1.21 bits per heavy atom. The Kier molecular flexibility index (Phi) is 6.33. The van der Waals surface area contributed by atoms with Crippen LogP contribution < -0.4 is 15.0 Å². The van der Waals surface area contributed by atoms with E-state index in [-0.39, 0.29) is 23.2 Å². The Balaban J connectivity index is 1.54. The van der Waals surface area contributed by atoms with E-state index < -0.39 is 4.92 Å². The van der Waals surface area contributed by atoms with Crippen LogP contribution in [0.5, 0.6) is 5.75 Å². The normalized spacial score (nSPS) is 14.6. The lowest BCUT2D eigenvalue weighted by molar-refractivity contribution is -0.384. The smallest absolute Gasteiger partial charge is 0.289 e. The van der Waals surface area contributed by atoms with Gasteiger partial charge >= 0.3 is 0 Å². The van der Waals surface area contributed by atoms with Crippen LogP contribution in [0.25, 0.3) is 0 Å². The monoisotopic (exact) mass is 404 g/mol. The third-order valence-corrected chi connectivity index (χ3v) is 4.91. The molecular weight excluding hydrogens is 384 g/mol. The molecule has 1 fully saturated rings. The molecule has 0 bridgehead atoms. The molecule has 0 spiro atoms. The number of amides is 1. The first-order chi connectivity index (χ1) is 13.5. The van der Waals surface area contributed by atoms with E-state index in [1.165, 1.54) is 12.1 Å². The van der Waals surface area contributed by atoms with Gasteiger partial charge in [0, 0.05) is 37.9 Å². The molecule has 1 aliphatic rings. The number of methoxy groups -OCH3 is 1. The highest BCUT2D eigenvalue weighted by atomic mass is 35.5. The lowest BCUT2D eigenvalue weighted by Gasteiger charge is -2.36. The van der Waals surface area contributed by atoms with Gasteiger partial charge in [0.05, 0.1) is 24.3 Å². The maximum atomic E-state index is 12.3. The number of rotatable bonds is 6. The summed E-state index contributed by atoms with van der Waals surface area (Å²) in [6, 6.07) is 12.1. The number of halogens is 1. The molecule has 0 aliphatic carbocycles. The summed E-state index contributed by atoms with van der Waals surface area (Å²) < 4.78 is 5.41. The van der Waals surface area contributed by atoms with Gasteiger partial charge in [0.15, 0.2) is 0 Å². The minimum absolute atomic E-state index is 0.0375. The number of nitro groups is 1. The summed E-state index contributed by atoms with van der Waals surface area (Å²) in [5.41, 5.74) is 1.17. The second-order valence-electron chi connectivity index (χ2n) is 6.41. The zero-order valence-corrected chi connectivity index (χ0v) is 16.2. The van der Waals surface area contributed by atoms with Crippen molar-refractivity contribution in [2.45, 2.75) is 0 Å². The number of nitro benzene ring substituents is 1. The lowest BCUT2D eigenvalue weighted by atomic mass is 10.2. The molecule has 0 unspecified atom stereocenters. The van der Waals surface area contributed by atoms with E-state index in [1.807, 2.05) is 29.2 Å². The van der Waals surface area contributed by atoms with Crippen molar-refractivity contribution >= 4 is 34.6 Å². The average Bonchev–Trinajstić information content (AvgIpc) is 2.69. The summed E-state index contributed by atoms with van der Waals surface area (Å²) >= 11 is 5.79. The first kappa shape index (κ1) is 19.9. The van der Waals surface area contributed by atoms with Gasteiger partial charge in [0.2, 0.25) is 5.91 Å². The summed E-state index contributed by atoms with van der Waals surface area (Å²) in [6.07, 6.45) is 0. The molecule has 3 rings (SSSR count). The largest absolute Gasteiger partial charge is 0.495 e. The van der Waals surface area contributed by atoms with Gasteiger partial charge in [-0.15, -0.1) is 0 Å². The number of hydrogen-bond donors (Lipinski definition) is 1. The van der Waals surface area contributed by atoms with Crippen molar-refractivity contribution < 1.29 is 14.5 Å². The molecule has 1 saturated heterocycles. The summed E-state index contributed by atoms with van der Waals surface area (Å²) in [4.78, 5) is 27.0. The maximum Gasteiger partial charge on any atom is 0.289 e. The van der Waals surface area contributed by atoms with Gasteiger partial charge in [-0.1, -0.05) is 23.7 Å². The first-order valence-electron chi connectivity index (χ1n) is 8.82. The van der Waals surface area contributed by atoms with Crippen LogP contribution in [-0.4, -0.2) is 55.6 Å². The fourth-order valence-electron chi connectivity index (χ4n) is 3.17. The SMILES string of the molecule is COc1ccccc1N1CCN(CC(=O)Nc2ccc(Cl)c([N+](=O)[O-])c2)CC1. The third-order valence-electron chi connectivity index (χ3n) is 4.59. The van der Waals surface area contributed by atoms with Crippen molar-refractivity contribution in [3.8, 4) is 5.75 Å². The minimum Gasteiger partial charge on any atom is -0.495 e. The standard InChI is InChI=1S/C19H21ClN4O4/c1-28-18-5-3-2-4-16(18)23-10-8-22(9-11-23)13-19(25)21-14-6-7-15(20)17(12-14)24(26)27/h2-7,12H,8-11,13H2,1H3,(H,21,25). The van der Waals surface area contributed by atoms with Crippen LogP contribution in [0.1, 0.15) is 0 Å². The zero-order valence-electron chi connectivity index (χ0n) is 15.4. The lowest BCUT2D eigenvalue weighted by Crippen LogP contribution is -2.48. The maximum absolute atomic E-state index is 12.3. The van der Waals surface area contributed by atoms with Crippen LogP contribution >= 0.6 is 11.6 Å². The Bertz CT molecular complexity index is 869. The molecule has 2 aromatic carbocycles. The fraction of sp³-hybridized carbons (Fsp3) is 0.316. The second kappa shape index (κ2) is 8.90. The third kappa shape index (κ3) is 4.71. The van der Waals surface area contributed by atoms with Crippen molar-refractivity contribution in [1.82, 2.24) is 4.90 Å². The van der Waals surface area contributed by atoms with Crippen molar-refractivity contribution in [3.05, 3.63) is 57.6 Å². The predicted molar refractivity (Wildman–Crippen MR) is 108 cm³/mol. The number of ether oxygens (including phenoxy) is 1. The summed E-state index contributed by atoms with van der Waals surface area (Å²) in [5.74, 6) is 0.611. The van der Waals surface area contributed by atoms with Gasteiger partial charge in [-0.2, -0.15) is 0 Å². The number of anilines is 2. The molecule has 1 amide bonds. The van der Waals surface area contributed by atoms with Crippen LogP contribution in [0.3, 0.4) is 0 Å². The molecule has 1 N–H and O–H groups in total. The van der Waals surface area contributed by atoms with Crippen molar-refractivity contribution in [3.63, 3.8) is 0 Å². The van der Waals surface area contributed by atoms with E-state index in [9.17, 15) is 14.9 Å². The van der Waals surface area contributed by atoms with Crippen LogP contribution in [0.2, 0.25) is 5.02 Å². The quantitative estimate of drug-likeness (QED) is 0.588.